The number of nitrogens with two attached hydrogens (primary N) is 1. The van der Waals surface area contributed by atoms with Crippen molar-refractivity contribution < 1.29 is 4.39 Å². The van der Waals surface area contributed by atoms with Crippen LogP contribution < -0.4 is 5.73 Å². The molecular formula is C12H17FN2S. The van der Waals surface area contributed by atoms with E-state index in [1.807, 2.05) is 12.1 Å². The fourth-order valence-electron chi connectivity index (χ4n) is 1.89. The highest BCUT2D eigenvalue weighted by Gasteiger charge is 2.17. The number of rotatable bonds is 4. The van der Waals surface area contributed by atoms with Crippen LogP contribution in [0.5, 0.6) is 0 Å². The molecule has 0 aliphatic carbocycles. The summed E-state index contributed by atoms with van der Waals surface area (Å²) in [5, 5.41) is 0. The van der Waals surface area contributed by atoms with Crippen molar-refractivity contribution >= 4 is 11.8 Å². The van der Waals surface area contributed by atoms with Gasteiger partial charge in [0.1, 0.15) is 5.82 Å². The number of halogens is 1. The molecule has 0 unspecified atom stereocenters. The van der Waals surface area contributed by atoms with Crippen molar-refractivity contribution in [3.63, 3.8) is 0 Å². The minimum absolute atomic E-state index is 0.171. The van der Waals surface area contributed by atoms with Gasteiger partial charge in [-0.2, -0.15) is 0 Å². The molecule has 1 fully saturated rings. The third-order valence-electron chi connectivity index (χ3n) is 2.80. The van der Waals surface area contributed by atoms with Gasteiger partial charge in [-0.3, -0.25) is 0 Å². The zero-order valence-electron chi connectivity index (χ0n) is 9.23. The van der Waals surface area contributed by atoms with Crippen molar-refractivity contribution in [1.29, 1.82) is 0 Å². The van der Waals surface area contributed by atoms with E-state index >= 15 is 0 Å². The van der Waals surface area contributed by atoms with Crippen LogP contribution in [0.15, 0.2) is 29.2 Å². The minimum atomic E-state index is -0.171. The Morgan fingerprint density at radius 2 is 2.12 bits per heavy atom. The Balaban J connectivity index is 1.70. The van der Waals surface area contributed by atoms with Crippen molar-refractivity contribution in [2.45, 2.75) is 17.4 Å². The predicted octanol–water partition coefficient (Wildman–Crippen LogP) is 1.95. The van der Waals surface area contributed by atoms with Gasteiger partial charge in [-0.1, -0.05) is 0 Å². The van der Waals surface area contributed by atoms with E-state index in [4.69, 9.17) is 5.73 Å². The van der Waals surface area contributed by atoms with Crippen LogP contribution >= 0.6 is 11.8 Å². The van der Waals surface area contributed by atoms with Crippen LogP contribution in [0.2, 0.25) is 0 Å². The van der Waals surface area contributed by atoms with Crippen molar-refractivity contribution in [2.75, 3.05) is 25.4 Å². The van der Waals surface area contributed by atoms with E-state index in [1.165, 1.54) is 12.1 Å². The van der Waals surface area contributed by atoms with Gasteiger partial charge in [0, 0.05) is 29.8 Å². The maximum Gasteiger partial charge on any atom is 0.123 e. The van der Waals surface area contributed by atoms with Gasteiger partial charge in [0.25, 0.3) is 0 Å². The van der Waals surface area contributed by atoms with Gasteiger partial charge in [0.05, 0.1) is 0 Å². The first-order valence-corrected chi connectivity index (χ1v) is 6.59. The first kappa shape index (κ1) is 11.9. The summed E-state index contributed by atoms with van der Waals surface area (Å²) in [6, 6.07) is 7.03. The molecular weight excluding hydrogens is 223 g/mol. The minimum Gasteiger partial charge on any atom is -0.326 e. The molecule has 0 radical (unpaired) electrons. The maximum absolute atomic E-state index is 12.7. The standard InChI is InChI=1S/C12H17FN2S/c13-10-1-3-12(4-2-10)16-8-7-15-6-5-11(14)9-15/h1-4,11H,5-9,14H2/t11-/m0/s1. The Labute approximate surface area is 100 Å². The summed E-state index contributed by atoms with van der Waals surface area (Å²) in [6.45, 7) is 3.20. The van der Waals surface area contributed by atoms with Crippen LogP contribution in [-0.4, -0.2) is 36.3 Å². The van der Waals surface area contributed by atoms with Crippen LogP contribution in [0.3, 0.4) is 0 Å². The van der Waals surface area contributed by atoms with E-state index in [0.29, 0.717) is 6.04 Å². The number of nitrogens with zero attached hydrogens (tertiary/aromatic N) is 1. The molecule has 1 aliphatic rings. The Morgan fingerprint density at radius 1 is 1.38 bits per heavy atom. The molecule has 16 heavy (non-hydrogen) atoms. The Morgan fingerprint density at radius 3 is 2.75 bits per heavy atom. The SMILES string of the molecule is N[C@H]1CCN(CCSc2ccc(F)cc2)C1. The first-order valence-electron chi connectivity index (χ1n) is 5.60. The first-order chi connectivity index (χ1) is 7.74. The van der Waals surface area contributed by atoms with Crippen LogP contribution in [-0.2, 0) is 0 Å². The fraction of sp³-hybridized carbons (Fsp3) is 0.500. The largest absolute Gasteiger partial charge is 0.326 e. The molecule has 4 heteroatoms. The molecule has 1 heterocycles. The smallest absolute Gasteiger partial charge is 0.123 e. The van der Waals surface area contributed by atoms with Gasteiger partial charge in [-0.05, 0) is 37.2 Å². The zero-order chi connectivity index (χ0) is 11.4. The molecule has 0 saturated carbocycles. The lowest BCUT2D eigenvalue weighted by atomic mass is 10.3. The average molecular weight is 240 g/mol. The number of hydrogen-bond donors (Lipinski definition) is 1. The lowest BCUT2D eigenvalue weighted by Crippen LogP contribution is -2.28. The predicted molar refractivity (Wildman–Crippen MR) is 66.2 cm³/mol. The van der Waals surface area contributed by atoms with E-state index in [0.717, 1.165) is 36.7 Å². The molecule has 1 aliphatic heterocycles. The molecule has 0 aromatic heterocycles. The van der Waals surface area contributed by atoms with Crippen molar-refractivity contribution in [2.24, 2.45) is 5.73 Å². The van der Waals surface area contributed by atoms with Crippen LogP contribution in [0.4, 0.5) is 4.39 Å². The molecule has 2 nitrogen and oxygen atoms in total. The topological polar surface area (TPSA) is 29.3 Å². The van der Waals surface area contributed by atoms with E-state index in [-0.39, 0.29) is 5.82 Å². The molecule has 1 saturated heterocycles. The second-order valence-electron chi connectivity index (χ2n) is 4.15. The van der Waals surface area contributed by atoms with E-state index < -0.39 is 0 Å². The van der Waals surface area contributed by atoms with Gasteiger partial charge in [-0.25, -0.2) is 4.39 Å². The van der Waals surface area contributed by atoms with E-state index in [9.17, 15) is 4.39 Å². The second kappa shape index (κ2) is 5.66. The fourth-order valence-corrected chi connectivity index (χ4v) is 2.80. The summed E-state index contributed by atoms with van der Waals surface area (Å²) in [5.41, 5.74) is 5.83. The highest BCUT2D eigenvalue weighted by Crippen LogP contribution is 2.18. The Hall–Kier alpha value is -0.580. The van der Waals surface area contributed by atoms with Crippen LogP contribution in [0.25, 0.3) is 0 Å². The molecule has 0 bridgehead atoms. The van der Waals surface area contributed by atoms with E-state index in [1.54, 1.807) is 11.8 Å². The lowest BCUT2D eigenvalue weighted by Gasteiger charge is -2.14. The third kappa shape index (κ3) is 3.47. The van der Waals surface area contributed by atoms with Crippen molar-refractivity contribution in [3.05, 3.63) is 30.1 Å². The van der Waals surface area contributed by atoms with Crippen LogP contribution in [0.1, 0.15) is 6.42 Å². The summed E-state index contributed by atoms with van der Waals surface area (Å²) in [7, 11) is 0. The van der Waals surface area contributed by atoms with Crippen LogP contribution in [0, 0.1) is 5.82 Å². The second-order valence-corrected chi connectivity index (χ2v) is 5.32. The number of benzene rings is 1. The van der Waals surface area contributed by atoms with E-state index in [2.05, 4.69) is 4.90 Å². The number of likely N-dealkylation sites (tertiary alicyclic amines) is 1. The number of hydrogen-bond acceptors (Lipinski definition) is 3. The number of thioether (sulfide) groups is 1. The highest BCUT2D eigenvalue weighted by molar-refractivity contribution is 7.99. The quantitative estimate of drug-likeness (QED) is 0.816. The van der Waals surface area contributed by atoms with Crippen molar-refractivity contribution in [3.8, 4) is 0 Å². The summed E-state index contributed by atoms with van der Waals surface area (Å²) in [5.74, 6) is 0.869. The highest BCUT2D eigenvalue weighted by atomic mass is 32.2. The summed E-state index contributed by atoms with van der Waals surface area (Å²) in [4.78, 5) is 3.52. The Kier molecular flexibility index (Phi) is 4.21. The summed E-state index contributed by atoms with van der Waals surface area (Å²) >= 11 is 1.77. The average Bonchev–Trinajstić information content (AvgIpc) is 2.67. The summed E-state index contributed by atoms with van der Waals surface area (Å²) < 4.78 is 12.7. The molecule has 1 aromatic carbocycles. The molecule has 0 amide bonds. The lowest BCUT2D eigenvalue weighted by molar-refractivity contribution is 0.357. The molecule has 1 atom stereocenters. The summed E-state index contributed by atoms with van der Waals surface area (Å²) in [6.07, 6.45) is 1.11. The molecule has 1 aromatic rings. The molecule has 2 N–H and O–H groups in total. The zero-order valence-corrected chi connectivity index (χ0v) is 10.0. The third-order valence-corrected chi connectivity index (χ3v) is 3.79. The van der Waals surface area contributed by atoms with Gasteiger partial charge >= 0.3 is 0 Å². The Bertz CT molecular complexity index is 328. The van der Waals surface area contributed by atoms with Gasteiger partial charge in [0.2, 0.25) is 0 Å². The molecule has 88 valence electrons. The van der Waals surface area contributed by atoms with Gasteiger partial charge in [-0.15, -0.1) is 11.8 Å². The van der Waals surface area contributed by atoms with Gasteiger partial charge in [0.15, 0.2) is 0 Å². The molecule has 0 spiro atoms. The van der Waals surface area contributed by atoms with Crippen molar-refractivity contribution in [1.82, 2.24) is 4.90 Å². The normalized spacial score (nSPS) is 21.5. The monoisotopic (exact) mass is 240 g/mol. The molecule has 2 rings (SSSR count). The van der Waals surface area contributed by atoms with Gasteiger partial charge < -0.3 is 10.6 Å². The maximum atomic E-state index is 12.7.